The summed E-state index contributed by atoms with van der Waals surface area (Å²) in [5, 5.41) is 5.32. The standard InChI is InChI=1S/C19H32N4O4/c1-7-23(18(25)26-19(4,5)6)21-16(24)14-10-8-13(9-11-14)15-20-17(12(2)3)27-22-15/h12-14H,7-11H2,1-6H3,(H,21,24). The molecule has 0 spiro atoms. The molecule has 8 nitrogen and oxygen atoms in total. The number of carbonyl (C=O) groups is 2. The molecule has 0 atom stereocenters. The van der Waals surface area contributed by atoms with Gasteiger partial charge in [0.1, 0.15) is 5.60 Å². The van der Waals surface area contributed by atoms with Gasteiger partial charge in [-0.05, 0) is 53.4 Å². The number of hydrogen-bond donors (Lipinski definition) is 1. The van der Waals surface area contributed by atoms with E-state index in [2.05, 4.69) is 15.6 Å². The van der Waals surface area contributed by atoms with E-state index in [1.54, 1.807) is 27.7 Å². The molecule has 1 aromatic rings. The molecule has 1 fully saturated rings. The highest BCUT2D eigenvalue weighted by molar-refractivity contribution is 5.81. The minimum absolute atomic E-state index is 0.130. The zero-order valence-corrected chi connectivity index (χ0v) is 17.2. The van der Waals surface area contributed by atoms with E-state index in [-0.39, 0.29) is 23.7 Å². The van der Waals surface area contributed by atoms with Crippen molar-refractivity contribution < 1.29 is 18.8 Å². The summed E-state index contributed by atoms with van der Waals surface area (Å²) in [5.74, 6) is 1.55. The summed E-state index contributed by atoms with van der Waals surface area (Å²) in [6, 6.07) is 0. The van der Waals surface area contributed by atoms with Gasteiger partial charge in [-0.15, -0.1) is 0 Å². The first-order chi connectivity index (χ1) is 12.6. The van der Waals surface area contributed by atoms with Crippen molar-refractivity contribution in [2.24, 2.45) is 5.92 Å². The number of aromatic nitrogens is 2. The molecule has 0 aromatic carbocycles. The van der Waals surface area contributed by atoms with E-state index in [1.807, 2.05) is 13.8 Å². The van der Waals surface area contributed by atoms with Crippen LogP contribution in [0.5, 0.6) is 0 Å². The van der Waals surface area contributed by atoms with Crippen LogP contribution in [0.3, 0.4) is 0 Å². The van der Waals surface area contributed by atoms with E-state index in [0.29, 0.717) is 12.4 Å². The van der Waals surface area contributed by atoms with Crippen LogP contribution in [0, 0.1) is 5.92 Å². The number of hydrogen-bond acceptors (Lipinski definition) is 6. The molecule has 0 bridgehead atoms. The first kappa shape index (κ1) is 21.2. The van der Waals surface area contributed by atoms with Crippen LogP contribution in [0.4, 0.5) is 4.79 Å². The molecular formula is C19H32N4O4. The maximum atomic E-state index is 12.6. The van der Waals surface area contributed by atoms with E-state index in [1.165, 1.54) is 5.01 Å². The van der Waals surface area contributed by atoms with Crippen LogP contribution in [0.2, 0.25) is 0 Å². The number of nitrogens with one attached hydrogen (secondary N) is 1. The Hall–Kier alpha value is -2.12. The van der Waals surface area contributed by atoms with E-state index >= 15 is 0 Å². The average molecular weight is 380 g/mol. The second-order valence-corrected chi connectivity index (χ2v) is 8.39. The number of carbonyl (C=O) groups excluding carboxylic acids is 2. The molecule has 0 unspecified atom stereocenters. The summed E-state index contributed by atoms with van der Waals surface area (Å²) in [6.45, 7) is 11.6. The van der Waals surface area contributed by atoms with Gasteiger partial charge in [-0.1, -0.05) is 19.0 Å². The van der Waals surface area contributed by atoms with Gasteiger partial charge < -0.3 is 9.26 Å². The molecule has 27 heavy (non-hydrogen) atoms. The molecular weight excluding hydrogens is 348 g/mol. The molecule has 0 radical (unpaired) electrons. The van der Waals surface area contributed by atoms with Crippen LogP contribution in [0.25, 0.3) is 0 Å². The second-order valence-electron chi connectivity index (χ2n) is 8.39. The van der Waals surface area contributed by atoms with Crippen LogP contribution in [0.15, 0.2) is 4.52 Å². The maximum Gasteiger partial charge on any atom is 0.429 e. The quantitative estimate of drug-likeness (QED) is 0.799. The summed E-state index contributed by atoms with van der Waals surface area (Å²) >= 11 is 0. The van der Waals surface area contributed by atoms with Crippen molar-refractivity contribution in [3.05, 3.63) is 11.7 Å². The van der Waals surface area contributed by atoms with Crippen LogP contribution in [-0.4, -0.2) is 39.3 Å². The zero-order chi connectivity index (χ0) is 20.2. The lowest BCUT2D eigenvalue weighted by atomic mass is 9.81. The van der Waals surface area contributed by atoms with Crippen molar-refractivity contribution in [2.45, 2.75) is 84.7 Å². The van der Waals surface area contributed by atoms with E-state index < -0.39 is 11.7 Å². The van der Waals surface area contributed by atoms with Gasteiger partial charge in [0, 0.05) is 24.3 Å². The molecule has 1 aliphatic rings. The van der Waals surface area contributed by atoms with Crippen molar-refractivity contribution in [1.29, 1.82) is 0 Å². The Morgan fingerprint density at radius 2 is 1.89 bits per heavy atom. The first-order valence-electron chi connectivity index (χ1n) is 9.75. The minimum Gasteiger partial charge on any atom is -0.442 e. The summed E-state index contributed by atoms with van der Waals surface area (Å²) in [6.07, 6.45) is 2.57. The van der Waals surface area contributed by atoms with Gasteiger partial charge in [-0.25, -0.2) is 9.80 Å². The molecule has 1 heterocycles. The number of hydrazine groups is 1. The third-order valence-electron chi connectivity index (χ3n) is 4.59. The summed E-state index contributed by atoms with van der Waals surface area (Å²) in [5.41, 5.74) is 2.10. The largest absolute Gasteiger partial charge is 0.442 e. The zero-order valence-electron chi connectivity index (χ0n) is 17.2. The lowest BCUT2D eigenvalue weighted by Gasteiger charge is -2.30. The Morgan fingerprint density at radius 1 is 1.26 bits per heavy atom. The molecule has 1 N–H and O–H groups in total. The predicted molar refractivity (Wildman–Crippen MR) is 99.8 cm³/mol. The molecule has 1 saturated carbocycles. The predicted octanol–water partition coefficient (Wildman–Crippen LogP) is 3.76. The summed E-state index contributed by atoms with van der Waals surface area (Å²) in [4.78, 5) is 29.2. The number of rotatable bonds is 4. The van der Waals surface area contributed by atoms with Crippen LogP contribution >= 0.6 is 0 Å². The Bertz CT molecular complexity index is 642. The van der Waals surface area contributed by atoms with Gasteiger partial charge in [0.2, 0.25) is 11.8 Å². The molecule has 0 saturated heterocycles. The van der Waals surface area contributed by atoms with E-state index in [9.17, 15) is 9.59 Å². The minimum atomic E-state index is -0.604. The third-order valence-corrected chi connectivity index (χ3v) is 4.59. The molecule has 1 aromatic heterocycles. The van der Waals surface area contributed by atoms with Gasteiger partial charge in [0.25, 0.3) is 0 Å². The van der Waals surface area contributed by atoms with Crippen LogP contribution in [0.1, 0.15) is 90.8 Å². The SMILES string of the molecule is CCN(NC(=O)C1CCC(c2noc(C(C)C)n2)CC1)C(=O)OC(C)(C)C. The Balaban J connectivity index is 1.87. The molecule has 2 rings (SSSR count). The van der Waals surface area contributed by atoms with Crippen molar-refractivity contribution >= 4 is 12.0 Å². The highest BCUT2D eigenvalue weighted by atomic mass is 16.6. The highest BCUT2D eigenvalue weighted by Crippen LogP contribution is 2.35. The van der Waals surface area contributed by atoms with Crippen LogP contribution in [-0.2, 0) is 9.53 Å². The van der Waals surface area contributed by atoms with Gasteiger partial charge in [0.15, 0.2) is 5.82 Å². The second kappa shape index (κ2) is 8.71. The van der Waals surface area contributed by atoms with Crippen molar-refractivity contribution in [1.82, 2.24) is 20.6 Å². The lowest BCUT2D eigenvalue weighted by Crippen LogP contribution is -2.50. The smallest absolute Gasteiger partial charge is 0.429 e. The molecule has 2 amide bonds. The van der Waals surface area contributed by atoms with Crippen molar-refractivity contribution in [3.8, 4) is 0 Å². The Kier molecular flexibility index (Phi) is 6.84. The monoisotopic (exact) mass is 380 g/mol. The van der Waals surface area contributed by atoms with Crippen molar-refractivity contribution in [2.75, 3.05) is 6.54 Å². The highest BCUT2D eigenvalue weighted by Gasteiger charge is 2.31. The van der Waals surface area contributed by atoms with Gasteiger partial charge >= 0.3 is 6.09 Å². The van der Waals surface area contributed by atoms with Gasteiger partial charge in [-0.2, -0.15) is 4.98 Å². The number of amides is 2. The van der Waals surface area contributed by atoms with Gasteiger partial charge in [-0.3, -0.25) is 10.2 Å². The fourth-order valence-electron chi connectivity index (χ4n) is 3.06. The van der Waals surface area contributed by atoms with Crippen molar-refractivity contribution in [3.63, 3.8) is 0 Å². The first-order valence-corrected chi connectivity index (χ1v) is 9.75. The molecule has 0 aliphatic heterocycles. The number of nitrogens with zero attached hydrogens (tertiary/aromatic N) is 3. The normalized spacial score (nSPS) is 20.4. The molecule has 1 aliphatic carbocycles. The van der Waals surface area contributed by atoms with E-state index in [0.717, 1.165) is 31.5 Å². The maximum absolute atomic E-state index is 12.6. The Morgan fingerprint density at radius 3 is 2.37 bits per heavy atom. The van der Waals surface area contributed by atoms with E-state index in [4.69, 9.17) is 9.26 Å². The summed E-state index contributed by atoms with van der Waals surface area (Å²) in [7, 11) is 0. The van der Waals surface area contributed by atoms with Gasteiger partial charge in [0.05, 0.1) is 0 Å². The molecule has 152 valence electrons. The molecule has 8 heteroatoms. The third kappa shape index (κ3) is 5.94. The fourth-order valence-corrected chi connectivity index (χ4v) is 3.06. The fraction of sp³-hybridized carbons (Fsp3) is 0.789. The number of ether oxygens (including phenoxy) is 1. The summed E-state index contributed by atoms with van der Waals surface area (Å²) < 4.78 is 10.6. The average Bonchev–Trinajstić information content (AvgIpc) is 3.08. The Labute approximate surface area is 161 Å². The van der Waals surface area contributed by atoms with Crippen LogP contribution < -0.4 is 5.43 Å². The topological polar surface area (TPSA) is 97.6 Å². The lowest BCUT2D eigenvalue weighted by molar-refractivity contribution is -0.131.